The molecule has 1 fully saturated rings. The minimum atomic E-state index is 0.153. The molecule has 0 aliphatic heterocycles. The normalized spacial score (nSPS) is 14.5. The van der Waals surface area contributed by atoms with Crippen LogP contribution in [0.25, 0.3) is 0 Å². The van der Waals surface area contributed by atoms with Crippen LogP contribution >= 0.6 is 0 Å². The summed E-state index contributed by atoms with van der Waals surface area (Å²) in [5, 5.41) is 2.99. The summed E-state index contributed by atoms with van der Waals surface area (Å²) < 4.78 is 0. The van der Waals surface area contributed by atoms with Crippen LogP contribution in [0.15, 0.2) is 24.3 Å². The maximum atomic E-state index is 11.9. The molecule has 0 spiro atoms. The minimum absolute atomic E-state index is 0.153. The highest BCUT2D eigenvalue weighted by Crippen LogP contribution is 2.28. The van der Waals surface area contributed by atoms with Crippen molar-refractivity contribution in [1.29, 1.82) is 0 Å². The van der Waals surface area contributed by atoms with Gasteiger partial charge in [0.15, 0.2) is 0 Å². The molecule has 0 heterocycles. The molecule has 0 saturated heterocycles. The van der Waals surface area contributed by atoms with Crippen molar-refractivity contribution >= 4 is 5.91 Å². The topological polar surface area (TPSA) is 55.1 Å². The van der Waals surface area contributed by atoms with Gasteiger partial charge >= 0.3 is 0 Å². The van der Waals surface area contributed by atoms with E-state index >= 15 is 0 Å². The lowest BCUT2D eigenvalue weighted by Crippen LogP contribution is -2.23. The van der Waals surface area contributed by atoms with Crippen LogP contribution in [0, 0.1) is 17.8 Å². The molecule has 0 radical (unpaired) electrons. The van der Waals surface area contributed by atoms with Crippen molar-refractivity contribution in [2.24, 2.45) is 11.7 Å². The van der Waals surface area contributed by atoms with Crippen LogP contribution < -0.4 is 11.1 Å². The Labute approximate surface area is 127 Å². The molecule has 112 valence electrons. The van der Waals surface area contributed by atoms with Crippen molar-refractivity contribution in [1.82, 2.24) is 5.32 Å². The largest absolute Gasteiger partial charge is 0.352 e. The monoisotopic (exact) mass is 284 g/mol. The molecule has 1 amide bonds. The Morgan fingerprint density at radius 2 is 2.14 bits per heavy atom. The van der Waals surface area contributed by atoms with Crippen LogP contribution in [0.5, 0.6) is 0 Å². The second-order valence-electron chi connectivity index (χ2n) is 5.67. The zero-order valence-electron chi connectivity index (χ0n) is 12.5. The third kappa shape index (κ3) is 5.61. The highest BCUT2D eigenvalue weighted by molar-refractivity contribution is 5.75. The van der Waals surface area contributed by atoms with Gasteiger partial charge in [0.05, 0.1) is 6.54 Å². The number of rotatable bonds is 5. The van der Waals surface area contributed by atoms with Gasteiger partial charge in [0.25, 0.3) is 0 Å². The molecule has 0 aromatic heterocycles. The lowest BCUT2D eigenvalue weighted by Gasteiger charge is -2.09. The zero-order valence-corrected chi connectivity index (χ0v) is 12.5. The number of nitrogens with two attached hydrogens (primary N) is 1. The summed E-state index contributed by atoms with van der Waals surface area (Å²) in [4.78, 5) is 11.9. The van der Waals surface area contributed by atoms with Crippen LogP contribution in [0.3, 0.4) is 0 Å². The molecular formula is C18H24N2O. The number of carbonyl (C=O) groups is 1. The van der Waals surface area contributed by atoms with Crippen LogP contribution in [0.1, 0.15) is 49.7 Å². The first-order chi connectivity index (χ1) is 10.3. The summed E-state index contributed by atoms with van der Waals surface area (Å²) in [5.41, 5.74) is 7.39. The van der Waals surface area contributed by atoms with Gasteiger partial charge in [-0.3, -0.25) is 4.79 Å². The Morgan fingerprint density at radius 3 is 2.90 bits per heavy atom. The molecule has 0 unspecified atom stereocenters. The van der Waals surface area contributed by atoms with E-state index in [4.69, 9.17) is 5.73 Å². The van der Waals surface area contributed by atoms with Crippen LogP contribution in [-0.4, -0.2) is 12.5 Å². The van der Waals surface area contributed by atoms with Crippen molar-refractivity contribution < 1.29 is 4.79 Å². The Bertz CT molecular complexity index is 522. The average molecular weight is 284 g/mol. The molecule has 1 aliphatic carbocycles. The first-order valence-corrected chi connectivity index (χ1v) is 7.82. The maximum Gasteiger partial charge on any atom is 0.220 e. The maximum absolute atomic E-state index is 11.9. The predicted molar refractivity (Wildman–Crippen MR) is 85.4 cm³/mol. The van der Waals surface area contributed by atoms with E-state index in [1.54, 1.807) is 0 Å². The van der Waals surface area contributed by atoms with E-state index in [-0.39, 0.29) is 5.91 Å². The molecule has 0 atom stereocenters. The first-order valence-electron chi connectivity index (χ1n) is 7.82. The second-order valence-corrected chi connectivity index (χ2v) is 5.67. The minimum Gasteiger partial charge on any atom is -0.352 e. The van der Waals surface area contributed by atoms with Crippen molar-refractivity contribution in [3.05, 3.63) is 35.4 Å². The predicted octanol–water partition coefficient (Wildman–Crippen LogP) is 2.58. The summed E-state index contributed by atoms with van der Waals surface area (Å²) in [7, 11) is 0. The number of hydrogen-bond donors (Lipinski definition) is 2. The van der Waals surface area contributed by atoms with E-state index in [2.05, 4.69) is 17.2 Å². The van der Waals surface area contributed by atoms with Gasteiger partial charge in [0.1, 0.15) is 0 Å². The number of hydrogen-bond acceptors (Lipinski definition) is 2. The molecule has 3 heteroatoms. The van der Waals surface area contributed by atoms with E-state index in [0.29, 0.717) is 19.5 Å². The van der Waals surface area contributed by atoms with Gasteiger partial charge in [0, 0.05) is 18.5 Å². The van der Waals surface area contributed by atoms with Crippen LogP contribution in [0.2, 0.25) is 0 Å². The molecule has 1 saturated carbocycles. The van der Waals surface area contributed by atoms with Crippen molar-refractivity contribution in [2.45, 2.75) is 45.1 Å². The Hall–Kier alpha value is -1.79. The SMILES string of the molecule is NCC#Cc1cccc(CNC(=O)CCC2CCCC2)c1. The van der Waals surface area contributed by atoms with E-state index in [0.717, 1.165) is 23.5 Å². The summed E-state index contributed by atoms with van der Waals surface area (Å²) in [5.74, 6) is 6.77. The highest BCUT2D eigenvalue weighted by atomic mass is 16.1. The number of carbonyl (C=O) groups excluding carboxylic acids is 1. The quantitative estimate of drug-likeness (QED) is 0.817. The molecule has 2 rings (SSSR count). The van der Waals surface area contributed by atoms with Gasteiger partial charge in [-0.05, 0) is 30.0 Å². The van der Waals surface area contributed by atoms with Crippen molar-refractivity contribution in [3.63, 3.8) is 0 Å². The first kappa shape index (κ1) is 15.6. The fourth-order valence-electron chi connectivity index (χ4n) is 2.84. The van der Waals surface area contributed by atoms with Crippen LogP contribution in [-0.2, 0) is 11.3 Å². The Balaban J connectivity index is 1.75. The number of amides is 1. The lowest BCUT2D eigenvalue weighted by atomic mass is 10.0. The van der Waals surface area contributed by atoms with Gasteiger partial charge in [-0.25, -0.2) is 0 Å². The smallest absolute Gasteiger partial charge is 0.220 e. The third-order valence-corrected chi connectivity index (χ3v) is 4.01. The number of nitrogens with one attached hydrogen (secondary N) is 1. The molecule has 3 nitrogen and oxygen atoms in total. The fourth-order valence-corrected chi connectivity index (χ4v) is 2.84. The molecule has 1 aromatic carbocycles. The van der Waals surface area contributed by atoms with Gasteiger partial charge < -0.3 is 11.1 Å². The zero-order chi connectivity index (χ0) is 14.9. The Morgan fingerprint density at radius 1 is 1.33 bits per heavy atom. The molecule has 3 N–H and O–H groups in total. The second kappa shape index (κ2) is 8.49. The van der Waals surface area contributed by atoms with Gasteiger partial charge in [-0.1, -0.05) is 49.7 Å². The van der Waals surface area contributed by atoms with Gasteiger partial charge in [0.2, 0.25) is 5.91 Å². The van der Waals surface area contributed by atoms with Crippen molar-refractivity contribution in [2.75, 3.05) is 6.54 Å². The Kier molecular flexibility index (Phi) is 6.30. The molecule has 1 aromatic rings. The summed E-state index contributed by atoms with van der Waals surface area (Å²) in [6.07, 6.45) is 6.96. The molecule has 21 heavy (non-hydrogen) atoms. The standard InChI is InChI=1S/C18H24N2O/c19-12-4-9-16-7-3-8-17(13-16)14-20-18(21)11-10-15-5-1-2-6-15/h3,7-8,13,15H,1-2,5-6,10-12,14,19H2,(H,20,21). The molecule has 0 bridgehead atoms. The summed E-state index contributed by atoms with van der Waals surface area (Å²) >= 11 is 0. The average Bonchev–Trinajstić information content (AvgIpc) is 3.03. The summed E-state index contributed by atoms with van der Waals surface area (Å²) in [6, 6.07) is 7.92. The fraction of sp³-hybridized carbons (Fsp3) is 0.500. The highest BCUT2D eigenvalue weighted by Gasteiger charge is 2.15. The third-order valence-electron chi connectivity index (χ3n) is 4.01. The van der Waals surface area contributed by atoms with E-state index in [1.165, 1.54) is 25.7 Å². The van der Waals surface area contributed by atoms with Crippen molar-refractivity contribution in [3.8, 4) is 11.8 Å². The molecular weight excluding hydrogens is 260 g/mol. The molecule has 1 aliphatic rings. The van der Waals surface area contributed by atoms with Gasteiger partial charge in [-0.15, -0.1) is 0 Å². The van der Waals surface area contributed by atoms with E-state index in [9.17, 15) is 4.79 Å². The van der Waals surface area contributed by atoms with E-state index in [1.807, 2.05) is 24.3 Å². The van der Waals surface area contributed by atoms with Gasteiger partial charge in [-0.2, -0.15) is 0 Å². The van der Waals surface area contributed by atoms with E-state index < -0.39 is 0 Å². The van der Waals surface area contributed by atoms with Crippen LogP contribution in [0.4, 0.5) is 0 Å². The summed E-state index contributed by atoms with van der Waals surface area (Å²) in [6.45, 7) is 0.934. The number of benzene rings is 1. The lowest BCUT2D eigenvalue weighted by molar-refractivity contribution is -0.121.